The number of esters is 1. The molecule has 2 nitrogen and oxygen atoms in total. The standard InChI is InChI=1S/C18H18O2/c1-11-4-6-14(7-5-11)15-10-17(19)20-16-9-12(2)8-13(3)18(15)16/h4-9,15H,10H2,1-3H3. The van der Waals surface area contributed by atoms with E-state index in [1.807, 2.05) is 13.0 Å². The first-order valence-electron chi connectivity index (χ1n) is 6.93. The highest BCUT2D eigenvalue weighted by atomic mass is 16.5. The minimum absolute atomic E-state index is 0.104. The predicted molar refractivity (Wildman–Crippen MR) is 79.2 cm³/mol. The molecule has 1 heterocycles. The average Bonchev–Trinajstić information content (AvgIpc) is 2.37. The highest BCUT2D eigenvalue weighted by Gasteiger charge is 2.29. The number of fused-ring (bicyclic) bond motifs is 1. The molecule has 0 bridgehead atoms. The first kappa shape index (κ1) is 12.9. The molecule has 1 unspecified atom stereocenters. The zero-order valence-corrected chi connectivity index (χ0v) is 12.1. The van der Waals surface area contributed by atoms with Crippen LogP contribution in [0.25, 0.3) is 0 Å². The van der Waals surface area contributed by atoms with Crippen molar-refractivity contribution in [3.63, 3.8) is 0 Å². The van der Waals surface area contributed by atoms with Crippen LogP contribution in [0.1, 0.15) is 40.2 Å². The van der Waals surface area contributed by atoms with Crippen molar-refractivity contribution in [3.8, 4) is 5.75 Å². The summed E-state index contributed by atoms with van der Waals surface area (Å²) in [6.07, 6.45) is 0.417. The van der Waals surface area contributed by atoms with Crippen LogP contribution in [0.15, 0.2) is 36.4 Å². The van der Waals surface area contributed by atoms with Crippen molar-refractivity contribution in [1.29, 1.82) is 0 Å². The van der Waals surface area contributed by atoms with Crippen LogP contribution in [0.2, 0.25) is 0 Å². The third-order valence-electron chi connectivity index (χ3n) is 3.92. The summed E-state index contributed by atoms with van der Waals surface area (Å²) in [6.45, 7) is 6.18. The molecule has 0 aromatic heterocycles. The highest BCUT2D eigenvalue weighted by Crippen LogP contribution is 2.41. The van der Waals surface area contributed by atoms with Gasteiger partial charge in [-0.3, -0.25) is 4.79 Å². The molecule has 1 aliphatic heterocycles. The van der Waals surface area contributed by atoms with Gasteiger partial charge in [0.1, 0.15) is 5.75 Å². The Kier molecular flexibility index (Phi) is 3.09. The Balaban J connectivity index is 2.14. The van der Waals surface area contributed by atoms with Gasteiger partial charge in [-0.15, -0.1) is 0 Å². The maximum atomic E-state index is 11.9. The molecular formula is C18H18O2. The van der Waals surface area contributed by atoms with E-state index in [-0.39, 0.29) is 11.9 Å². The minimum Gasteiger partial charge on any atom is -0.426 e. The van der Waals surface area contributed by atoms with Crippen LogP contribution < -0.4 is 4.74 Å². The van der Waals surface area contributed by atoms with Crippen LogP contribution in [-0.2, 0) is 4.79 Å². The third-order valence-corrected chi connectivity index (χ3v) is 3.92. The zero-order valence-electron chi connectivity index (χ0n) is 12.1. The largest absolute Gasteiger partial charge is 0.426 e. The number of carbonyl (C=O) groups excluding carboxylic acids is 1. The second kappa shape index (κ2) is 4.78. The molecule has 102 valence electrons. The Hall–Kier alpha value is -2.09. The van der Waals surface area contributed by atoms with Crippen molar-refractivity contribution >= 4 is 5.97 Å². The van der Waals surface area contributed by atoms with Crippen molar-refractivity contribution < 1.29 is 9.53 Å². The van der Waals surface area contributed by atoms with E-state index in [2.05, 4.69) is 44.2 Å². The molecule has 0 spiro atoms. The molecular weight excluding hydrogens is 248 g/mol. The lowest BCUT2D eigenvalue weighted by molar-refractivity contribution is -0.135. The van der Waals surface area contributed by atoms with Crippen molar-refractivity contribution in [1.82, 2.24) is 0 Å². The molecule has 20 heavy (non-hydrogen) atoms. The third kappa shape index (κ3) is 2.22. The highest BCUT2D eigenvalue weighted by molar-refractivity contribution is 5.78. The number of hydrogen-bond acceptors (Lipinski definition) is 2. The van der Waals surface area contributed by atoms with Crippen molar-refractivity contribution in [3.05, 3.63) is 64.2 Å². The minimum atomic E-state index is -0.145. The number of carbonyl (C=O) groups is 1. The average molecular weight is 266 g/mol. The molecule has 3 rings (SSSR count). The van der Waals surface area contributed by atoms with E-state index in [1.165, 1.54) is 16.7 Å². The molecule has 1 atom stereocenters. The normalized spacial score (nSPS) is 17.6. The van der Waals surface area contributed by atoms with Gasteiger partial charge in [-0.1, -0.05) is 35.9 Å². The summed E-state index contributed by atoms with van der Waals surface area (Å²) in [7, 11) is 0. The monoisotopic (exact) mass is 266 g/mol. The van der Waals surface area contributed by atoms with Gasteiger partial charge in [0, 0.05) is 11.5 Å². The van der Waals surface area contributed by atoms with Crippen LogP contribution >= 0.6 is 0 Å². The van der Waals surface area contributed by atoms with E-state index < -0.39 is 0 Å². The Morgan fingerprint density at radius 2 is 1.70 bits per heavy atom. The molecule has 2 aromatic rings. The summed E-state index contributed by atoms with van der Waals surface area (Å²) < 4.78 is 5.43. The van der Waals surface area contributed by atoms with Gasteiger partial charge in [0.2, 0.25) is 0 Å². The first-order valence-corrected chi connectivity index (χ1v) is 6.93. The van der Waals surface area contributed by atoms with E-state index in [0.29, 0.717) is 6.42 Å². The van der Waals surface area contributed by atoms with Crippen LogP contribution in [-0.4, -0.2) is 5.97 Å². The second-order valence-electron chi connectivity index (χ2n) is 5.64. The summed E-state index contributed by atoms with van der Waals surface area (Å²) >= 11 is 0. The van der Waals surface area contributed by atoms with Crippen LogP contribution in [0.3, 0.4) is 0 Å². The number of benzene rings is 2. The Bertz CT molecular complexity index is 669. The fourth-order valence-electron chi connectivity index (χ4n) is 2.99. The number of aryl methyl sites for hydroxylation is 3. The smallest absolute Gasteiger partial charge is 0.312 e. The summed E-state index contributed by atoms with van der Waals surface area (Å²) in [5.41, 5.74) is 5.88. The summed E-state index contributed by atoms with van der Waals surface area (Å²) in [5.74, 6) is 0.685. The van der Waals surface area contributed by atoms with Gasteiger partial charge < -0.3 is 4.74 Å². The molecule has 0 fully saturated rings. The first-order chi connectivity index (χ1) is 9.54. The van der Waals surface area contributed by atoms with Crippen molar-refractivity contribution in [2.24, 2.45) is 0 Å². The van der Waals surface area contributed by atoms with E-state index in [9.17, 15) is 4.79 Å². The number of hydrogen-bond donors (Lipinski definition) is 0. The van der Waals surface area contributed by atoms with E-state index in [1.54, 1.807) is 0 Å². The fraction of sp³-hybridized carbons (Fsp3) is 0.278. The van der Waals surface area contributed by atoms with Crippen LogP contribution in [0.5, 0.6) is 5.75 Å². The SMILES string of the molecule is Cc1ccc(C2CC(=O)Oc3cc(C)cc(C)c32)cc1. The fourth-order valence-corrected chi connectivity index (χ4v) is 2.99. The van der Waals surface area contributed by atoms with Crippen LogP contribution in [0, 0.1) is 20.8 Å². The second-order valence-corrected chi connectivity index (χ2v) is 5.64. The van der Waals surface area contributed by atoms with Gasteiger partial charge in [0.15, 0.2) is 0 Å². The molecule has 0 saturated heterocycles. The van der Waals surface area contributed by atoms with Crippen molar-refractivity contribution in [2.45, 2.75) is 33.1 Å². The number of rotatable bonds is 1. The summed E-state index contributed by atoms with van der Waals surface area (Å²) in [4.78, 5) is 11.9. The van der Waals surface area contributed by atoms with Gasteiger partial charge in [-0.05, 0) is 43.5 Å². The van der Waals surface area contributed by atoms with Crippen LogP contribution in [0.4, 0.5) is 0 Å². The molecule has 2 aromatic carbocycles. The lowest BCUT2D eigenvalue weighted by atomic mass is 9.83. The molecule has 0 amide bonds. The Labute approximate surface area is 119 Å². The maximum absolute atomic E-state index is 11.9. The summed E-state index contributed by atoms with van der Waals surface area (Å²) in [5, 5.41) is 0. The predicted octanol–water partition coefficient (Wildman–Crippen LogP) is 4.05. The van der Waals surface area contributed by atoms with Gasteiger partial charge in [0.05, 0.1) is 6.42 Å². The van der Waals surface area contributed by atoms with E-state index in [0.717, 1.165) is 16.9 Å². The molecule has 0 saturated carbocycles. The topological polar surface area (TPSA) is 26.3 Å². The quantitative estimate of drug-likeness (QED) is 0.575. The number of ether oxygens (including phenoxy) is 1. The van der Waals surface area contributed by atoms with Gasteiger partial charge in [-0.2, -0.15) is 0 Å². The van der Waals surface area contributed by atoms with E-state index in [4.69, 9.17) is 4.74 Å². The molecule has 1 aliphatic rings. The maximum Gasteiger partial charge on any atom is 0.312 e. The lowest BCUT2D eigenvalue weighted by Gasteiger charge is -2.27. The lowest BCUT2D eigenvalue weighted by Crippen LogP contribution is -2.22. The summed E-state index contributed by atoms with van der Waals surface area (Å²) in [6, 6.07) is 12.5. The molecule has 0 aliphatic carbocycles. The molecule has 0 N–H and O–H groups in total. The van der Waals surface area contributed by atoms with Gasteiger partial charge in [-0.25, -0.2) is 0 Å². The molecule has 0 radical (unpaired) electrons. The van der Waals surface area contributed by atoms with Gasteiger partial charge >= 0.3 is 5.97 Å². The molecule has 2 heteroatoms. The van der Waals surface area contributed by atoms with E-state index >= 15 is 0 Å². The Morgan fingerprint density at radius 1 is 1.00 bits per heavy atom. The Morgan fingerprint density at radius 3 is 2.40 bits per heavy atom. The zero-order chi connectivity index (χ0) is 14.3. The van der Waals surface area contributed by atoms with Crippen molar-refractivity contribution in [2.75, 3.05) is 0 Å². The van der Waals surface area contributed by atoms with Gasteiger partial charge in [0.25, 0.3) is 0 Å².